The molecule has 2 heterocycles. The number of fused-ring (bicyclic) bond motifs is 2. The van der Waals surface area contributed by atoms with Gasteiger partial charge in [0.25, 0.3) is 0 Å². The maximum Gasteiger partial charge on any atom is 0.140 e. The highest BCUT2D eigenvalue weighted by atomic mass is 16.5. The number of likely N-dealkylation sites (tertiary alicyclic amines) is 1. The first-order valence-corrected chi connectivity index (χ1v) is 11.4. The van der Waals surface area contributed by atoms with Crippen LogP contribution in [0.1, 0.15) is 55.3 Å². The zero-order valence-corrected chi connectivity index (χ0v) is 17.7. The molecule has 0 radical (unpaired) electrons. The van der Waals surface area contributed by atoms with Gasteiger partial charge >= 0.3 is 0 Å². The maximum atomic E-state index is 9.37. The number of hydrogen-bond acceptors (Lipinski definition) is 4. The Morgan fingerprint density at radius 1 is 1.03 bits per heavy atom. The molecule has 0 N–H and O–H groups in total. The lowest BCUT2D eigenvalue weighted by atomic mass is 9.36. The Balaban J connectivity index is 1.27. The van der Waals surface area contributed by atoms with Gasteiger partial charge in [0.05, 0.1) is 0 Å². The topological polar surface area (TPSA) is 49.1 Å². The van der Waals surface area contributed by atoms with Gasteiger partial charge in [-0.05, 0) is 55.4 Å². The van der Waals surface area contributed by atoms with Gasteiger partial charge < -0.3 is 4.74 Å². The average molecular weight is 400 g/mol. The third-order valence-electron chi connectivity index (χ3n) is 8.92. The highest BCUT2D eigenvalue weighted by molar-refractivity contribution is 5.42. The Hall–Kier alpha value is -2.22. The number of nitriles is 1. The summed E-state index contributed by atoms with van der Waals surface area (Å²) in [5.74, 6) is 0.955. The Morgan fingerprint density at radius 3 is 2.37 bits per heavy atom. The van der Waals surface area contributed by atoms with Crippen LogP contribution in [-0.4, -0.2) is 35.6 Å². The molecule has 1 aromatic carbocycles. The summed E-state index contributed by atoms with van der Waals surface area (Å²) in [4.78, 5) is 7.03. The summed E-state index contributed by atoms with van der Waals surface area (Å²) >= 11 is 0. The molecule has 4 heteroatoms. The molecule has 154 valence electrons. The largest absolute Gasteiger partial charge is 0.373 e. The molecule has 1 aliphatic heterocycles. The number of benzene rings is 1. The quantitative estimate of drug-likeness (QED) is 0.765. The number of ether oxygens (including phenoxy) is 1. The molecule has 4 bridgehead atoms. The molecule has 0 amide bonds. The van der Waals surface area contributed by atoms with Crippen LogP contribution in [-0.2, 0) is 15.8 Å². The van der Waals surface area contributed by atoms with E-state index in [-0.39, 0.29) is 5.60 Å². The van der Waals surface area contributed by atoms with Crippen molar-refractivity contribution in [1.29, 1.82) is 5.26 Å². The standard InChI is InChI=1S/C26H29N3O/c1-30-26(20-10-11-28-23(12-20)13-27)21-8-5-9-22(26)15-29(14-21)25-16-24(17-25,18-25)19-6-3-2-4-7-19/h2-4,6-7,10-12,21-22H,5,8-9,14-18H2,1H3. The number of hydrogen-bond donors (Lipinski definition) is 0. The predicted molar refractivity (Wildman–Crippen MR) is 115 cm³/mol. The highest BCUT2D eigenvalue weighted by Gasteiger charge is 2.72. The van der Waals surface area contributed by atoms with Gasteiger partial charge in [-0.15, -0.1) is 0 Å². The first kappa shape index (κ1) is 18.5. The highest BCUT2D eigenvalue weighted by Crippen LogP contribution is 2.71. The Morgan fingerprint density at radius 2 is 1.73 bits per heavy atom. The summed E-state index contributed by atoms with van der Waals surface area (Å²) in [6, 6.07) is 17.4. The SMILES string of the molecule is COC1(c2ccnc(C#N)c2)C2CCCC1CN(C13CC(c4ccccc4)(C1)C3)C2. The maximum absolute atomic E-state index is 9.37. The number of rotatable bonds is 4. The molecule has 0 spiro atoms. The number of pyridine rings is 1. The molecule has 1 aromatic heterocycles. The first-order valence-electron chi connectivity index (χ1n) is 11.4. The van der Waals surface area contributed by atoms with Crippen LogP contribution in [0.15, 0.2) is 48.7 Å². The third-order valence-corrected chi connectivity index (χ3v) is 8.92. The monoisotopic (exact) mass is 399 g/mol. The van der Waals surface area contributed by atoms with Gasteiger partial charge in [-0.25, -0.2) is 4.98 Å². The fraction of sp³-hybridized carbons (Fsp3) is 0.538. The van der Waals surface area contributed by atoms with E-state index in [1.54, 1.807) is 6.20 Å². The van der Waals surface area contributed by atoms with Crippen LogP contribution in [0, 0.1) is 23.2 Å². The van der Waals surface area contributed by atoms with Crippen molar-refractivity contribution in [2.45, 2.75) is 55.1 Å². The van der Waals surface area contributed by atoms with Gasteiger partial charge in [0.2, 0.25) is 0 Å². The van der Waals surface area contributed by atoms with Crippen molar-refractivity contribution in [3.8, 4) is 6.07 Å². The fourth-order valence-corrected chi connectivity index (χ4v) is 7.65. The van der Waals surface area contributed by atoms with Crippen molar-refractivity contribution in [1.82, 2.24) is 9.88 Å². The van der Waals surface area contributed by atoms with Gasteiger partial charge in [0, 0.05) is 49.2 Å². The zero-order chi connectivity index (χ0) is 20.4. The van der Waals surface area contributed by atoms with Gasteiger partial charge in [-0.1, -0.05) is 36.8 Å². The minimum absolute atomic E-state index is 0.274. The van der Waals surface area contributed by atoms with E-state index >= 15 is 0 Å². The van der Waals surface area contributed by atoms with E-state index in [0.29, 0.717) is 28.5 Å². The number of methoxy groups -OCH3 is 1. The molecule has 2 aromatic rings. The second-order valence-corrected chi connectivity index (χ2v) is 10.2. The normalized spacial score (nSPS) is 39.5. The summed E-state index contributed by atoms with van der Waals surface area (Å²) in [5, 5.41) is 9.37. The lowest BCUT2D eigenvalue weighted by molar-refractivity contribution is -0.236. The number of nitrogens with zero attached hydrogens (tertiary/aromatic N) is 3. The number of piperidine rings is 1. The molecule has 4 aliphatic carbocycles. The molecule has 2 atom stereocenters. The van der Waals surface area contributed by atoms with Crippen molar-refractivity contribution in [2.24, 2.45) is 11.8 Å². The fourth-order valence-electron chi connectivity index (χ4n) is 7.65. The number of aromatic nitrogens is 1. The molecular formula is C26H29N3O. The van der Waals surface area contributed by atoms with Crippen molar-refractivity contribution in [3.05, 3.63) is 65.5 Å². The van der Waals surface area contributed by atoms with Gasteiger partial charge in [-0.2, -0.15) is 5.26 Å². The van der Waals surface area contributed by atoms with Crippen molar-refractivity contribution >= 4 is 0 Å². The lowest BCUT2D eigenvalue weighted by Gasteiger charge is -2.76. The summed E-state index contributed by atoms with van der Waals surface area (Å²) in [7, 11) is 1.87. The summed E-state index contributed by atoms with van der Waals surface area (Å²) < 4.78 is 6.38. The van der Waals surface area contributed by atoms with Crippen LogP contribution in [0.5, 0.6) is 0 Å². The van der Waals surface area contributed by atoms with Crippen molar-refractivity contribution in [2.75, 3.05) is 20.2 Å². The Bertz CT molecular complexity index is 977. The van der Waals surface area contributed by atoms with Crippen LogP contribution < -0.4 is 0 Å². The van der Waals surface area contributed by atoms with Gasteiger partial charge in [-0.3, -0.25) is 4.90 Å². The van der Waals surface area contributed by atoms with E-state index in [4.69, 9.17) is 4.74 Å². The van der Waals surface area contributed by atoms with E-state index in [0.717, 1.165) is 18.7 Å². The summed E-state index contributed by atoms with van der Waals surface area (Å²) in [6.07, 6.45) is 9.41. The Kier molecular flexibility index (Phi) is 3.95. The third kappa shape index (κ3) is 2.31. The lowest BCUT2D eigenvalue weighted by Crippen LogP contribution is -2.79. The van der Waals surface area contributed by atoms with E-state index in [1.165, 1.54) is 44.1 Å². The average Bonchev–Trinajstić information content (AvgIpc) is 2.72. The van der Waals surface area contributed by atoms with Gasteiger partial charge in [0.1, 0.15) is 17.4 Å². The second kappa shape index (κ2) is 6.39. The van der Waals surface area contributed by atoms with Crippen LogP contribution in [0.25, 0.3) is 0 Å². The molecule has 5 aliphatic rings. The summed E-state index contributed by atoms with van der Waals surface area (Å²) in [5.41, 5.74) is 3.77. The molecule has 1 saturated heterocycles. The Labute approximate surface area is 178 Å². The molecule has 4 saturated carbocycles. The van der Waals surface area contributed by atoms with E-state index in [2.05, 4.69) is 52.4 Å². The van der Waals surface area contributed by atoms with E-state index in [9.17, 15) is 5.26 Å². The van der Waals surface area contributed by atoms with Crippen LogP contribution in [0.3, 0.4) is 0 Å². The zero-order valence-electron chi connectivity index (χ0n) is 17.7. The van der Waals surface area contributed by atoms with Crippen LogP contribution in [0.4, 0.5) is 0 Å². The molecule has 7 rings (SSSR count). The van der Waals surface area contributed by atoms with Crippen molar-refractivity contribution in [3.63, 3.8) is 0 Å². The first-order chi connectivity index (χ1) is 14.6. The predicted octanol–water partition coefficient (Wildman–Crippen LogP) is 4.40. The van der Waals surface area contributed by atoms with Crippen LogP contribution in [0.2, 0.25) is 0 Å². The van der Waals surface area contributed by atoms with Gasteiger partial charge in [0.15, 0.2) is 0 Å². The molecular weight excluding hydrogens is 370 g/mol. The summed E-state index contributed by atoms with van der Waals surface area (Å²) in [6.45, 7) is 2.22. The smallest absolute Gasteiger partial charge is 0.140 e. The molecule has 30 heavy (non-hydrogen) atoms. The van der Waals surface area contributed by atoms with Crippen LogP contribution >= 0.6 is 0 Å². The van der Waals surface area contributed by atoms with E-state index in [1.807, 2.05) is 13.2 Å². The van der Waals surface area contributed by atoms with Crippen molar-refractivity contribution < 1.29 is 4.74 Å². The minimum atomic E-state index is -0.274. The second-order valence-electron chi connectivity index (χ2n) is 10.2. The minimum Gasteiger partial charge on any atom is -0.373 e. The molecule has 5 fully saturated rings. The molecule has 4 nitrogen and oxygen atoms in total. The molecule has 2 unspecified atom stereocenters. The van der Waals surface area contributed by atoms with E-state index < -0.39 is 0 Å².